The van der Waals surface area contributed by atoms with Gasteiger partial charge in [0.05, 0.1) is 12.0 Å². The monoisotopic (exact) mass is 419 g/mol. The molecule has 0 aliphatic rings. The number of carbonyl (C=O) groups excluding carboxylic acids is 1. The van der Waals surface area contributed by atoms with E-state index in [0.717, 1.165) is 0 Å². The fourth-order valence-corrected chi connectivity index (χ4v) is 3.97. The average molecular weight is 419 g/mol. The molecule has 0 aliphatic carbocycles. The van der Waals surface area contributed by atoms with Gasteiger partial charge in [-0.1, -0.05) is 0 Å². The lowest BCUT2D eigenvalue weighted by molar-refractivity contribution is -0.118. The van der Waals surface area contributed by atoms with Gasteiger partial charge in [-0.25, -0.2) is 13.4 Å². The number of benzene rings is 2. The molecule has 0 fully saturated rings. The van der Waals surface area contributed by atoms with Crippen LogP contribution in [0.15, 0.2) is 65.0 Å². The highest BCUT2D eigenvalue weighted by Gasteiger charge is 2.15. The molecule has 0 bridgehead atoms. The van der Waals surface area contributed by atoms with E-state index in [-0.39, 0.29) is 22.5 Å². The lowest BCUT2D eigenvalue weighted by Gasteiger charge is -2.09. The molecule has 0 unspecified atom stereocenters. The number of ether oxygens (including phenoxy) is 2. The van der Waals surface area contributed by atoms with Crippen LogP contribution in [-0.2, 0) is 14.8 Å². The lowest BCUT2D eigenvalue weighted by Crippen LogP contribution is -2.20. The summed E-state index contributed by atoms with van der Waals surface area (Å²) in [5.41, 5.74) is 0.455. The zero-order chi connectivity index (χ0) is 20.0. The number of anilines is 2. The van der Waals surface area contributed by atoms with Gasteiger partial charge in [0.2, 0.25) is 0 Å². The second kappa shape index (κ2) is 8.72. The van der Waals surface area contributed by atoms with Crippen LogP contribution in [0.2, 0.25) is 0 Å². The van der Waals surface area contributed by atoms with E-state index in [1.54, 1.807) is 36.8 Å². The fourth-order valence-electron chi connectivity index (χ4n) is 2.18. The lowest BCUT2D eigenvalue weighted by atomic mass is 10.3. The molecule has 3 aromatic rings. The molecule has 28 heavy (non-hydrogen) atoms. The molecule has 0 saturated heterocycles. The van der Waals surface area contributed by atoms with Gasteiger partial charge in [0.1, 0.15) is 11.5 Å². The minimum atomic E-state index is -3.73. The molecule has 1 amide bonds. The van der Waals surface area contributed by atoms with Crippen molar-refractivity contribution < 1.29 is 22.7 Å². The Morgan fingerprint density at radius 1 is 1.07 bits per heavy atom. The average Bonchev–Trinajstić information content (AvgIpc) is 3.19. The van der Waals surface area contributed by atoms with Gasteiger partial charge in [-0.2, -0.15) is 0 Å². The van der Waals surface area contributed by atoms with Gasteiger partial charge < -0.3 is 14.8 Å². The second-order valence-corrected chi connectivity index (χ2v) is 8.06. The number of aromatic nitrogens is 1. The molecule has 8 nitrogen and oxygen atoms in total. The number of sulfonamides is 1. The summed E-state index contributed by atoms with van der Waals surface area (Å²) in [7, 11) is -2.17. The van der Waals surface area contributed by atoms with Crippen LogP contribution in [0.25, 0.3) is 0 Å². The summed E-state index contributed by atoms with van der Waals surface area (Å²) in [5.74, 6) is 0.856. The first-order valence-electron chi connectivity index (χ1n) is 8.05. The summed E-state index contributed by atoms with van der Waals surface area (Å²) in [6.45, 7) is -0.183. The molecular weight excluding hydrogens is 402 g/mol. The Kier molecular flexibility index (Phi) is 6.12. The summed E-state index contributed by atoms with van der Waals surface area (Å²) < 4.78 is 37.4. The van der Waals surface area contributed by atoms with Crippen molar-refractivity contribution in [1.82, 2.24) is 4.98 Å². The van der Waals surface area contributed by atoms with Crippen LogP contribution < -0.4 is 19.5 Å². The molecule has 0 spiro atoms. The quantitative estimate of drug-likeness (QED) is 0.581. The molecule has 2 N–H and O–H groups in total. The summed E-state index contributed by atoms with van der Waals surface area (Å²) in [5, 5.41) is 4.60. The van der Waals surface area contributed by atoms with Gasteiger partial charge in [0.25, 0.3) is 15.9 Å². The fraction of sp³-hybridized carbons (Fsp3) is 0.111. The number of hydrogen-bond acceptors (Lipinski definition) is 7. The molecule has 146 valence electrons. The Morgan fingerprint density at radius 2 is 1.75 bits per heavy atom. The maximum absolute atomic E-state index is 12.3. The highest BCUT2D eigenvalue weighted by Crippen LogP contribution is 2.20. The van der Waals surface area contributed by atoms with Crippen LogP contribution in [0.1, 0.15) is 0 Å². The first-order valence-corrected chi connectivity index (χ1v) is 10.4. The van der Waals surface area contributed by atoms with Crippen molar-refractivity contribution in [3.8, 4) is 11.5 Å². The van der Waals surface area contributed by atoms with Crippen molar-refractivity contribution in [1.29, 1.82) is 0 Å². The van der Waals surface area contributed by atoms with Crippen LogP contribution in [0.5, 0.6) is 11.5 Å². The highest BCUT2D eigenvalue weighted by molar-refractivity contribution is 7.93. The summed E-state index contributed by atoms with van der Waals surface area (Å²) >= 11 is 1.18. The number of nitrogens with zero attached hydrogens (tertiary/aromatic N) is 1. The van der Waals surface area contributed by atoms with Crippen LogP contribution in [0, 0.1) is 0 Å². The number of amides is 1. The molecule has 0 saturated carbocycles. The SMILES string of the molecule is COc1ccc(OCC(=O)Nc2ccc(S(=O)(=O)Nc3nccs3)cc2)cc1. The zero-order valence-electron chi connectivity index (χ0n) is 14.8. The van der Waals surface area contributed by atoms with E-state index in [0.29, 0.717) is 17.2 Å². The number of hydrogen-bond donors (Lipinski definition) is 2. The number of thiazole rings is 1. The van der Waals surface area contributed by atoms with Crippen LogP contribution in [-0.4, -0.2) is 33.0 Å². The molecule has 2 aromatic carbocycles. The van der Waals surface area contributed by atoms with Crippen molar-refractivity contribution in [3.05, 3.63) is 60.1 Å². The third-order valence-corrected chi connectivity index (χ3v) is 5.70. The predicted molar refractivity (Wildman–Crippen MR) is 106 cm³/mol. The first kappa shape index (κ1) is 19.6. The third kappa shape index (κ3) is 5.21. The molecular formula is C18H17N3O5S2. The number of methoxy groups -OCH3 is 1. The van der Waals surface area contributed by atoms with Crippen LogP contribution >= 0.6 is 11.3 Å². The molecule has 0 atom stereocenters. The van der Waals surface area contributed by atoms with Gasteiger partial charge in [0.15, 0.2) is 11.7 Å². The summed E-state index contributed by atoms with van der Waals surface area (Å²) in [4.78, 5) is 16.0. The van der Waals surface area contributed by atoms with E-state index in [4.69, 9.17) is 9.47 Å². The predicted octanol–water partition coefficient (Wildman–Crippen LogP) is 2.97. The normalized spacial score (nSPS) is 10.9. The molecule has 10 heteroatoms. The smallest absolute Gasteiger partial charge is 0.263 e. The van der Waals surface area contributed by atoms with E-state index in [1.165, 1.54) is 41.8 Å². The Labute approximate surface area is 166 Å². The zero-order valence-corrected chi connectivity index (χ0v) is 16.4. The minimum absolute atomic E-state index is 0.0650. The van der Waals surface area contributed by atoms with Gasteiger partial charge in [-0.05, 0) is 48.5 Å². The number of carbonyl (C=O) groups is 1. The van der Waals surface area contributed by atoms with E-state index in [1.807, 2.05) is 0 Å². The second-order valence-electron chi connectivity index (χ2n) is 5.48. The Bertz CT molecular complexity index is 1020. The van der Waals surface area contributed by atoms with E-state index < -0.39 is 10.0 Å². The van der Waals surface area contributed by atoms with Crippen LogP contribution in [0.4, 0.5) is 10.8 Å². The number of rotatable bonds is 8. The van der Waals surface area contributed by atoms with Gasteiger partial charge in [0, 0.05) is 17.3 Å². The standard InChI is InChI=1S/C18H17N3O5S2/c1-25-14-4-6-15(7-5-14)26-12-17(22)20-13-2-8-16(9-3-13)28(23,24)21-18-19-10-11-27-18/h2-11H,12H2,1H3,(H,19,21)(H,20,22). The summed E-state index contributed by atoms with van der Waals surface area (Å²) in [6, 6.07) is 12.6. The van der Waals surface area contributed by atoms with Gasteiger partial charge in [-0.15, -0.1) is 11.3 Å². The molecule has 3 rings (SSSR count). The first-order chi connectivity index (χ1) is 13.5. The van der Waals surface area contributed by atoms with Crippen molar-refractivity contribution in [2.45, 2.75) is 4.90 Å². The molecule has 0 radical (unpaired) electrons. The maximum Gasteiger partial charge on any atom is 0.263 e. The topological polar surface area (TPSA) is 107 Å². The molecule has 1 heterocycles. The van der Waals surface area contributed by atoms with Crippen molar-refractivity contribution in [2.24, 2.45) is 0 Å². The van der Waals surface area contributed by atoms with Gasteiger partial charge >= 0.3 is 0 Å². The largest absolute Gasteiger partial charge is 0.497 e. The Morgan fingerprint density at radius 3 is 2.36 bits per heavy atom. The van der Waals surface area contributed by atoms with E-state index in [9.17, 15) is 13.2 Å². The minimum Gasteiger partial charge on any atom is -0.497 e. The third-order valence-electron chi connectivity index (χ3n) is 3.53. The van der Waals surface area contributed by atoms with Crippen molar-refractivity contribution >= 4 is 38.1 Å². The van der Waals surface area contributed by atoms with E-state index >= 15 is 0 Å². The Hall–Kier alpha value is -3.11. The highest BCUT2D eigenvalue weighted by atomic mass is 32.2. The number of nitrogens with one attached hydrogen (secondary N) is 2. The van der Waals surface area contributed by atoms with E-state index in [2.05, 4.69) is 15.0 Å². The van der Waals surface area contributed by atoms with Crippen molar-refractivity contribution in [2.75, 3.05) is 23.8 Å². The van der Waals surface area contributed by atoms with Gasteiger partial charge in [-0.3, -0.25) is 9.52 Å². The molecule has 0 aliphatic heterocycles. The Balaban J connectivity index is 1.55. The molecule has 1 aromatic heterocycles. The van der Waals surface area contributed by atoms with Crippen molar-refractivity contribution in [3.63, 3.8) is 0 Å². The van der Waals surface area contributed by atoms with Crippen LogP contribution in [0.3, 0.4) is 0 Å². The maximum atomic E-state index is 12.3. The summed E-state index contributed by atoms with van der Waals surface area (Å²) in [6.07, 6.45) is 1.51.